The largest absolute Gasteiger partial charge is 0.444 e. The number of amides is 1. The third-order valence-corrected chi connectivity index (χ3v) is 4.86. The van der Waals surface area contributed by atoms with Gasteiger partial charge in [0, 0.05) is 19.0 Å². The molecule has 2 unspecified atom stereocenters. The molecule has 1 fully saturated rings. The fourth-order valence-electron chi connectivity index (χ4n) is 2.16. The Balaban J connectivity index is 1.86. The summed E-state index contributed by atoms with van der Waals surface area (Å²) >= 11 is 0. The van der Waals surface area contributed by atoms with Gasteiger partial charge in [0.05, 0.1) is 17.7 Å². The van der Waals surface area contributed by atoms with Crippen LogP contribution in [0.3, 0.4) is 0 Å². The number of hydrogen-bond donors (Lipinski definition) is 2. The van der Waals surface area contributed by atoms with Crippen LogP contribution >= 0.6 is 0 Å². The molecule has 0 aliphatic carbocycles. The first-order valence-electron chi connectivity index (χ1n) is 6.51. The van der Waals surface area contributed by atoms with Gasteiger partial charge in [0.25, 0.3) is 0 Å². The van der Waals surface area contributed by atoms with Crippen LogP contribution < -0.4 is 10.6 Å². The van der Waals surface area contributed by atoms with Gasteiger partial charge in [0.2, 0.25) is 11.8 Å². The maximum atomic E-state index is 11.9. The van der Waals surface area contributed by atoms with E-state index in [1.165, 1.54) is 0 Å². The van der Waals surface area contributed by atoms with E-state index in [1.807, 2.05) is 0 Å². The van der Waals surface area contributed by atoms with E-state index in [4.69, 9.17) is 4.42 Å². The van der Waals surface area contributed by atoms with E-state index < -0.39 is 9.84 Å². The van der Waals surface area contributed by atoms with E-state index >= 15 is 0 Å². The number of oxazole rings is 1. The van der Waals surface area contributed by atoms with Crippen LogP contribution in [0.2, 0.25) is 0 Å². The molecule has 1 aromatic heterocycles. The van der Waals surface area contributed by atoms with E-state index in [-0.39, 0.29) is 35.9 Å². The van der Waals surface area contributed by atoms with Gasteiger partial charge < -0.3 is 15.1 Å². The fourth-order valence-corrected chi connectivity index (χ4v) is 3.60. The molecular formula is C12H19N3O4S. The number of rotatable bonds is 4. The van der Waals surface area contributed by atoms with Crippen molar-refractivity contribution in [3.05, 3.63) is 17.8 Å². The first-order valence-corrected chi connectivity index (χ1v) is 8.33. The van der Waals surface area contributed by atoms with Crippen molar-refractivity contribution in [2.24, 2.45) is 0 Å². The molecular weight excluding hydrogens is 282 g/mol. The number of nitrogens with one attached hydrogen (secondary N) is 2. The van der Waals surface area contributed by atoms with E-state index in [2.05, 4.69) is 15.6 Å². The highest BCUT2D eigenvalue weighted by molar-refractivity contribution is 7.91. The maximum absolute atomic E-state index is 11.9. The lowest BCUT2D eigenvalue weighted by Gasteiger charge is -2.23. The van der Waals surface area contributed by atoms with Crippen LogP contribution in [0.4, 0.5) is 0 Å². The number of nitrogens with zero attached hydrogens (tertiary/aromatic N) is 1. The van der Waals surface area contributed by atoms with E-state index in [1.54, 1.807) is 20.0 Å². The summed E-state index contributed by atoms with van der Waals surface area (Å²) in [6, 6.07) is -0.663. The molecule has 8 heteroatoms. The SMILES string of the molecule is Cc1cnc(C(C)NC(=O)CC2CS(=O)(=O)CCN2)o1. The number of hydrogen-bond acceptors (Lipinski definition) is 6. The topological polar surface area (TPSA) is 101 Å². The Bertz CT molecular complexity index is 581. The van der Waals surface area contributed by atoms with Gasteiger partial charge in [-0.25, -0.2) is 13.4 Å². The molecule has 0 saturated carbocycles. The van der Waals surface area contributed by atoms with Crippen LogP contribution in [0, 0.1) is 6.92 Å². The Morgan fingerprint density at radius 2 is 2.40 bits per heavy atom. The summed E-state index contributed by atoms with van der Waals surface area (Å²) in [7, 11) is -3.03. The van der Waals surface area contributed by atoms with Gasteiger partial charge in [0.15, 0.2) is 9.84 Å². The summed E-state index contributed by atoms with van der Waals surface area (Å²) in [6.45, 7) is 3.95. The lowest BCUT2D eigenvalue weighted by Crippen LogP contribution is -2.47. The predicted molar refractivity (Wildman–Crippen MR) is 72.9 cm³/mol. The predicted octanol–water partition coefficient (Wildman–Crippen LogP) is -0.0631. The molecule has 1 aromatic rings. The van der Waals surface area contributed by atoms with Gasteiger partial charge in [-0.3, -0.25) is 4.79 Å². The van der Waals surface area contributed by atoms with Crippen LogP contribution in [0.1, 0.15) is 31.0 Å². The summed E-state index contributed by atoms with van der Waals surface area (Å²) in [5.41, 5.74) is 0. The Labute approximate surface area is 118 Å². The summed E-state index contributed by atoms with van der Waals surface area (Å²) in [4.78, 5) is 15.9. The monoisotopic (exact) mass is 301 g/mol. The lowest BCUT2D eigenvalue weighted by molar-refractivity contribution is -0.122. The molecule has 1 amide bonds. The van der Waals surface area contributed by atoms with Crippen molar-refractivity contribution in [3.8, 4) is 0 Å². The number of carbonyl (C=O) groups is 1. The minimum absolute atomic E-state index is 0.00686. The number of aromatic nitrogens is 1. The number of aryl methyl sites for hydroxylation is 1. The second-order valence-electron chi connectivity index (χ2n) is 5.07. The van der Waals surface area contributed by atoms with E-state index in [9.17, 15) is 13.2 Å². The molecule has 112 valence electrons. The summed E-state index contributed by atoms with van der Waals surface area (Å²) in [5, 5.41) is 5.80. The van der Waals surface area contributed by atoms with Crippen molar-refractivity contribution in [1.82, 2.24) is 15.6 Å². The van der Waals surface area contributed by atoms with Crippen molar-refractivity contribution in [2.75, 3.05) is 18.1 Å². The smallest absolute Gasteiger partial charge is 0.222 e. The number of sulfone groups is 1. The van der Waals surface area contributed by atoms with Crippen molar-refractivity contribution in [1.29, 1.82) is 0 Å². The van der Waals surface area contributed by atoms with Crippen LogP contribution in [0.15, 0.2) is 10.6 Å². The van der Waals surface area contributed by atoms with Crippen molar-refractivity contribution in [3.63, 3.8) is 0 Å². The maximum Gasteiger partial charge on any atom is 0.222 e. The highest BCUT2D eigenvalue weighted by Gasteiger charge is 2.26. The van der Waals surface area contributed by atoms with Gasteiger partial charge in [-0.2, -0.15) is 0 Å². The zero-order valence-corrected chi connectivity index (χ0v) is 12.4. The van der Waals surface area contributed by atoms with Crippen LogP contribution in [0.5, 0.6) is 0 Å². The van der Waals surface area contributed by atoms with Crippen molar-refractivity contribution in [2.45, 2.75) is 32.4 Å². The van der Waals surface area contributed by atoms with Crippen LogP contribution in [-0.4, -0.2) is 43.4 Å². The molecule has 0 spiro atoms. The summed E-state index contributed by atoms with van der Waals surface area (Å²) < 4.78 is 28.3. The van der Waals surface area contributed by atoms with E-state index in [0.717, 1.165) is 0 Å². The zero-order chi connectivity index (χ0) is 14.8. The quantitative estimate of drug-likeness (QED) is 0.807. The first-order chi connectivity index (χ1) is 9.35. The summed E-state index contributed by atoms with van der Waals surface area (Å²) in [6.07, 6.45) is 1.72. The minimum atomic E-state index is -3.03. The standard InChI is InChI=1S/C12H19N3O4S/c1-8-6-14-12(19-8)9(2)15-11(16)5-10-7-20(17,18)4-3-13-10/h6,9-10,13H,3-5,7H2,1-2H3,(H,15,16). The molecule has 1 saturated heterocycles. The van der Waals surface area contributed by atoms with Crippen molar-refractivity contribution >= 4 is 15.7 Å². The van der Waals surface area contributed by atoms with Gasteiger partial charge >= 0.3 is 0 Å². The molecule has 2 rings (SSSR count). The van der Waals surface area contributed by atoms with Crippen molar-refractivity contribution < 1.29 is 17.6 Å². The fraction of sp³-hybridized carbons (Fsp3) is 0.667. The van der Waals surface area contributed by atoms with Gasteiger partial charge in [-0.05, 0) is 13.8 Å². The number of carbonyl (C=O) groups excluding carboxylic acids is 1. The Morgan fingerprint density at radius 1 is 1.65 bits per heavy atom. The third-order valence-electron chi connectivity index (χ3n) is 3.12. The zero-order valence-electron chi connectivity index (χ0n) is 11.5. The second kappa shape index (κ2) is 5.92. The van der Waals surface area contributed by atoms with Crippen LogP contribution in [-0.2, 0) is 14.6 Å². The molecule has 0 radical (unpaired) electrons. The molecule has 2 N–H and O–H groups in total. The molecule has 20 heavy (non-hydrogen) atoms. The molecule has 0 aromatic carbocycles. The highest BCUT2D eigenvalue weighted by Crippen LogP contribution is 2.12. The minimum Gasteiger partial charge on any atom is -0.444 e. The molecule has 7 nitrogen and oxygen atoms in total. The van der Waals surface area contributed by atoms with Gasteiger partial charge in [-0.1, -0.05) is 0 Å². The molecule has 0 bridgehead atoms. The van der Waals surface area contributed by atoms with E-state index in [0.29, 0.717) is 18.2 Å². The Hall–Kier alpha value is -1.41. The summed E-state index contributed by atoms with van der Waals surface area (Å²) in [5.74, 6) is 1.05. The highest BCUT2D eigenvalue weighted by atomic mass is 32.2. The molecule has 1 aliphatic rings. The average molecular weight is 301 g/mol. The average Bonchev–Trinajstić information content (AvgIpc) is 2.74. The third kappa shape index (κ3) is 4.04. The van der Waals surface area contributed by atoms with Gasteiger partial charge in [0.1, 0.15) is 11.8 Å². The second-order valence-corrected chi connectivity index (χ2v) is 7.30. The Morgan fingerprint density at radius 3 is 3.00 bits per heavy atom. The van der Waals surface area contributed by atoms with Gasteiger partial charge in [-0.15, -0.1) is 0 Å². The Kier molecular flexibility index (Phi) is 4.44. The molecule has 2 atom stereocenters. The normalized spacial score (nSPS) is 23.2. The van der Waals surface area contributed by atoms with Crippen LogP contribution in [0.25, 0.3) is 0 Å². The molecule has 2 heterocycles. The first kappa shape index (κ1) is 15.0. The lowest BCUT2D eigenvalue weighted by atomic mass is 10.2. The molecule has 1 aliphatic heterocycles.